The molecule has 0 aromatic heterocycles. The number of piperidine rings is 1. The molecule has 0 amide bonds. The molecule has 4 nitrogen and oxygen atoms in total. The fourth-order valence-electron chi connectivity index (χ4n) is 1.00. The normalized spacial score (nSPS) is 52.6. The molecule has 1 fully saturated rings. The minimum atomic E-state index is -1.12. The van der Waals surface area contributed by atoms with Gasteiger partial charge < -0.3 is 20.6 Å². The lowest BCUT2D eigenvalue weighted by Crippen LogP contribution is -2.58. The Morgan fingerprint density at radius 3 is 2.60 bits per heavy atom. The molecular weight excluding hydrogens is 134 g/mol. The topological polar surface area (TPSA) is 72.7 Å². The summed E-state index contributed by atoms with van der Waals surface area (Å²) >= 11 is 0. The zero-order chi connectivity index (χ0) is 8.59. The molecule has 1 aliphatic heterocycles. The molecule has 1 rings (SSSR count). The standard InChI is InChI=1S/C6H13NO3/c1-3-5(9)6(10)4(8)2-7-3/h3-10H,2H2,1H3/t3-,4+,5+,6-/m1/s1/i/hD. The highest BCUT2D eigenvalue weighted by atomic mass is 16.4. The Morgan fingerprint density at radius 2 is 2.00 bits per heavy atom. The van der Waals surface area contributed by atoms with Crippen LogP contribution in [0.2, 0.25) is 1.41 Å². The van der Waals surface area contributed by atoms with E-state index in [4.69, 9.17) is 11.6 Å². The van der Waals surface area contributed by atoms with Crippen molar-refractivity contribution >= 4 is 0 Å². The summed E-state index contributed by atoms with van der Waals surface area (Å²) < 4.78 is 7.23. The first kappa shape index (κ1) is 6.54. The van der Waals surface area contributed by atoms with Crippen molar-refractivity contribution in [1.29, 1.82) is 0 Å². The van der Waals surface area contributed by atoms with Crippen LogP contribution in [0, 0.1) is 0 Å². The van der Waals surface area contributed by atoms with Crippen LogP contribution in [-0.4, -0.2) is 46.2 Å². The van der Waals surface area contributed by atoms with Gasteiger partial charge in [0, 0.05) is 12.6 Å². The molecular formula is C6H13NO3. The van der Waals surface area contributed by atoms with Crippen molar-refractivity contribution < 1.29 is 16.7 Å². The van der Waals surface area contributed by atoms with Gasteiger partial charge in [0.05, 0.1) is 12.2 Å². The molecule has 0 aromatic carbocycles. The third kappa shape index (κ3) is 1.29. The van der Waals surface area contributed by atoms with Gasteiger partial charge in [0.2, 0.25) is 0 Å². The van der Waals surface area contributed by atoms with Crippen LogP contribution in [0.25, 0.3) is 0 Å². The molecule has 10 heavy (non-hydrogen) atoms. The molecule has 0 aromatic rings. The van der Waals surface area contributed by atoms with Gasteiger partial charge in [-0.05, 0) is 6.92 Å². The van der Waals surface area contributed by atoms with Crippen LogP contribution in [0.5, 0.6) is 0 Å². The van der Waals surface area contributed by atoms with E-state index in [1.165, 1.54) is 0 Å². The average molecular weight is 148 g/mol. The molecule has 0 bridgehead atoms. The highest BCUT2D eigenvalue weighted by Crippen LogP contribution is 2.09. The number of hydrogen-bond acceptors (Lipinski definition) is 4. The van der Waals surface area contributed by atoms with Crippen LogP contribution in [0.3, 0.4) is 0 Å². The lowest BCUT2D eigenvalue weighted by atomic mass is 9.98. The number of rotatable bonds is 0. The van der Waals surface area contributed by atoms with Crippen LogP contribution < -0.4 is 5.31 Å². The van der Waals surface area contributed by atoms with Crippen molar-refractivity contribution in [3.63, 3.8) is 0 Å². The summed E-state index contributed by atoms with van der Waals surface area (Å²) in [6.45, 7) is 1.71. The van der Waals surface area contributed by atoms with E-state index < -0.39 is 24.4 Å². The van der Waals surface area contributed by atoms with Crippen molar-refractivity contribution in [1.82, 2.24) is 5.31 Å². The first-order valence-electron chi connectivity index (χ1n) is 3.78. The molecule has 1 saturated heterocycles. The molecule has 4 N–H and O–H groups in total. The largest absolute Gasteiger partial charge is 0.389 e. The van der Waals surface area contributed by atoms with E-state index in [0.717, 1.165) is 5.31 Å². The average Bonchev–Trinajstić information content (AvgIpc) is 1.97. The van der Waals surface area contributed by atoms with E-state index in [9.17, 15) is 5.11 Å². The fourth-order valence-corrected chi connectivity index (χ4v) is 1.00. The monoisotopic (exact) mass is 148 g/mol. The smallest absolute Gasteiger partial charge is 0.123 e. The fraction of sp³-hybridized carbons (Fsp3) is 1.00. The molecule has 1 aliphatic rings. The molecule has 1 heterocycles. The third-order valence-corrected chi connectivity index (χ3v) is 1.82. The number of aliphatic hydroxyl groups is 3. The first-order chi connectivity index (χ1) is 5.04. The lowest BCUT2D eigenvalue weighted by molar-refractivity contribution is -0.0910. The van der Waals surface area contributed by atoms with E-state index in [1.807, 2.05) is 0 Å². The van der Waals surface area contributed by atoms with Crippen LogP contribution >= 0.6 is 0 Å². The minimum absolute atomic E-state index is 0.0827. The summed E-state index contributed by atoms with van der Waals surface area (Å²) in [7, 11) is 0. The van der Waals surface area contributed by atoms with E-state index in [-0.39, 0.29) is 6.54 Å². The maximum Gasteiger partial charge on any atom is 0.123 e. The molecule has 4 atom stereocenters. The quantitative estimate of drug-likeness (QED) is 0.322. The van der Waals surface area contributed by atoms with Gasteiger partial charge in [-0.2, -0.15) is 0 Å². The molecule has 0 spiro atoms. The van der Waals surface area contributed by atoms with Crippen molar-refractivity contribution in [3.8, 4) is 0 Å². The molecule has 4 heteroatoms. The van der Waals surface area contributed by atoms with E-state index in [0.29, 0.717) is 0 Å². The highest BCUT2D eigenvalue weighted by molar-refractivity contribution is 4.89. The van der Waals surface area contributed by atoms with Crippen molar-refractivity contribution in [2.24, 2.45) is 0 Å². The highest BCUT2D eigenvalue weighted by Gasteiger charge is 2.33. The van der Waals surface area contributed by atoms with Crippen LogP contribution in [0.15, 0.2) is 0 Å². The second-order valence-electron chi connectivity index (χ2n) is 2.65. The van der Waals surface area contributed by atoms with Gasteiger partial charge in [-0.15, -0.1) is 0 Å². The molecule has 0 saturated carbocycles. The zero-order valence-corrected chi connectivity index (χ0v) is 5.81. The predicted octanol–water partition coefficient (Wildman–Crippen LogP) is -1.94. The van der Waals surface area contributed by atoms with Crippen molar-refractivity contribution in [3.05, 3.63) is 0 Å². The zero-order valence-electron chi connectivity index (χ0n) is 6.81. The molecule has 0 radical (unpaired) electrons. The Morgan fingerprint density at radius 1 is 1.40 bits per heavy atom. The third-order valence-electron chi connectivity index (χ3n) is 1.82. The molecule has 0 aliphatic carbocycles. The Balaban J connectivity index is 2.63. The maximum atomic E-state index is 9.22. The van der Waals surface area contributed by atoms with Gasteiger partial charge in [-0.3, -0.25) is 0 Å². The van der Waals surface area contributed by atoms with Crippen LogP contribution in [0.1, 0.15) is 6.92 Å². The van der Waals surface area contributed by atoms with Gasteiger partial charge in [0.25, 0.3) is 0 Å². The molecule has 60 valence electrons. The van der Waals surface area contributed by atoms with Gasteiger partial charge in [0.1, 0.15) is 7.52 Å². The van der Waals surface area contributed by atoms with Gasteiger partial charge >= 0.3 is 0 Å². The Labute approximate surface area is 61.0 Å². The number of hydrogen-bond donors (Lipinski definition) is 4. The summed E-state index contributed by atoms with van der Waals surface area (Å²) in [6, 6.07) is -0.423. The second-order valence-corrected chi connectivity index (χ2v) is 2.65. The van der Waals surface area contributed by atoms with Crippen molar-refractivity contribution in [2.45, 2.75) is 31.3 Å². The van der Waals surface area contributed by atoms with E-state index in [2.05, 4.69) is 0 Å². The summed E-state index contributed by atoms with van der Waals surface area (Å²) in [5.74, 6) is 0. The predicted molar refractivity (Wildman–Crippen MR) is 35.5 cm³/mol. The lowest BCUT2D eigenvalue weighted by Gasteiger charge is -2.33. The van der Waals surface area contributed by atoms with Crippen molar-refractivity contribution in [2.75, 3.05) is 6.54 Å². The summed E-state index contributed by atoms with van der Waals surface area (Å²) in [4.78, 5) is 0. The Kier molecular flexibility index (Phi) is 1.86. The summed E-state index contributed by atoms with van der Waals surface area (Å²) in [5, 5.41) is 28.5. The maximum absolute atomic E-state index is 9.22. The first-order valence-corrected chi connectivity index (χ1v) is 3.33. The van der Waals surface area contributed by atoms with Crippen LogP contribution in [0.4, 0.5) is 0 Å². The minimum Gasteiger partial charge on any atom is -0.389 e. The van der Waals surface area contributed by atoms with Gasteiger partial charge in [0.15, 0.2) is 0 Å². The number of aliphatic hydroxyl groups excluding tert-OH is 3. The summed E-state index contributed by atoms with van der Waals surface area (Å²) in [5.41, 5.74) is 0. The van der Waals surface area contributed by atoms with Crippen LogP contribution in [-0.2, 0) is 0 Å². The van der Waals surface area contributed by atoms with Gasteiger partial charge in [-0.25, -0.2) is 0 Å². The second kappa shape index (κ2) is 2.84. The molecule has 0 unspecified atom stereocenters. The summed E-state index contributed by atoms with van der Waals surface area (Å²) in [6.07, 6.45) is -3.17. The Bertz CT molecular complexity index is 132. The Hall–Kier alpha value is -0.160. The van der Waals surface area contributed by atoms with E-state index >= 15 is 0 Å². The number of β-amino-alcohol motifs (C(OH)–C–C–N with tert-alkyl or cyclic N) is 1. The van der Waals surface area contributed by atoms with Gasteiger partial charge in [-0.1, -0.05) is 0 Å². The SMILES string of the molecule is [2H]N1C[C@H](O)[C@@H](O)[C@@H](O)[C@H]1C. The number of nitrogens with one attached hydrogen (secondary N) is 1. The van der Waals surface area contributed by atoms with E-state index in [1.54, 1.807) is 6.92 Å².